The van der Waals surface area contributed by atoms with Crippen molar-refractivity contribution in [2.24, 2.45) is 0 Å². The van der Waals surface area contributed by atoms with Crippen LogP contribution >= 0.6 is 0 Å². The first kappa shape index (κ1) is 10.8. The third-order valence-corrected chi connectivity index (χ3v) is 2.33. The first-order valence-corrected chi connectivity index (χ1v) is 5.36. The average Bonchev–Trinajstić information content (AvgIpc) is 2.29. The zero-order valence-corrected chi connectivity index (χ0v) is 9.10. The zero-order chi connectivity index (χ0) is 11.4. The maximum absolute atomic E-state index is 11.0. The monoisotopic (exact) mass is 223 g/mol. The number of aryl methyl sites for hydroxylation is 2. The summed E-state index contributed by atoms with van der Waals surface area (Å²) < 4.78 is 9.40. The average molecular weight is 223 g/mol. The van der Waals surface area contributed by atoms with Crippen LogP contribution in [0.2, 0.25) is 0 Å². The van der Waals surface area contributed by atoms with Gasteiger partial charge in [0.15, 0.2) is 0 Å². The summed E-state index contributed by atoms with van der Waals surface area (Å²) in [5.41, 5.74) is 1.78. The summed E-state index contributed by atoms with van der Waals surface area (Å²) in [4.78, 5) is 15.2. The molecule has 86 valence electrons. The highest BCUT2D eigenvalue weighted by Gasteiger charge is 2.16. The van der Waals surface area contributed by atoms with E-state index in [-0.39, 0.29) is 12.6 Å². The van der Waals surface area contributed by atoms with Gasteiger partial charge in [0, 0.05) is 0 Å². The van der Waals surface area contributed by atoms with E-state index in [1.165, 1.54) is 0 Å². The van der Waals surface area contributed by atoms with Crippen molar-refractivity contribution >= 4 is 6.16 Å². The number of nitrogens with zero attached hydrogens (tertiary/aromatic N) is 3. The molecule has 1 aliphatic rings. The fourth-order valence-electron chi connectivity index (χ4n) is 1.61. The summed E-state index contributed by atoms with van der Waals surface area (Å²) in [6, 6.07) is -0.0286. The number of carbonyl (C=O) groups excluding carboxylic acids is 1. The van der Waals surface area contributed by atoms with Gasteiger partial charge in [-0.3, -0.25) is 0 Å². The lowest BCUT2D eigenvalue weighted by Crippen LogP contribution is -2.16. The maximum atomic E-state index is 11.0. The van der Waals surface area contributed by atoms with E-state index in [0.29, 0.717) is 0 Å². The molecule has 0 saturated carbocycles. The Morgan fingerprint density at radius 2 is 2.00 bits per heavy atom. The molecule has 0 aliphatic heterocycles. The molecule has 2 rings (SSSR count). The van der Waals surface area contributed by atoms with Gasteiger partial charge >= 0.3 is 12.2 Å². The molecular weight excluding hydrogens is 210 g/mol. The minimum absolute atomic E-state index is 0.0286. The molecule has 1 aromatic rings. The molecule has 0 fully saturated rings. The van der Waals surface area contributed by atoms with Gasteiger partial charge < -0.3 is 9.47 Å². The van der Waals surface area contributed by atoms with Crippen molar-refractivity contribution in [1.29, 1.82) is 0 Å². The zero-order valence-electron chi connectivity index (χ0n) is 9.10. The van der Waals surface area contributed by atoms with Crippen molar-refractivity contribution in [1.82, 2.24) is 15.2 Å². The van der Waals surface area contributed by atoms with E-state index in [0.717, 1.165) is 37.1 Å². The molecule has 0 amide bonds. The van der Waals surface area contributed by atoms with Crippen molar-refractivity contribution in [2.75, 3.05) is 6.61 Å². The highest BCUT2D eigenvalue weighted by Crippen LogP contribution is 2.17. The molecule has 16 heavy (non-hydrogen) atoms. The summed E-state index contributed by atoms with van der Waals surface area (Å²) in [6.07, 6.45) is 3.17. The topological polar surface area (TPSA) is 74.2 Å². The highest BCUT2D eigenvalue weighted by molar-refractivity contribution is 5.62. The van der Waals surface area contributed by atoms with Gasteiger partial charge in [0.2, 0.25) is 0 Å². The lowest BCUT2D eigenvalue weighted by Gasteiger charge is -2.12. The second kappa shape index (κ2) is 4.87. The Hall–Kier alpha value is -1.72. The number of hydrogen-bond acceptors (Lipinski definition) is 6. The van der Waals surface area contributed by atoms with E-state index in [1.54, 1.807) is 6.92 Å². The Balaban J connectivity index is 2.08. The molecule has 1 aliphatic carbocycles. The molecule has 0 bridgehead atoms. The van der Waals surface area contributed by atoms with Gasteiger partial charge in [-0.05, 0) is 32.6 Å². The minimum atomic E-state index is -0.792. The number of carbonyl (C=O) groups is 1. The number of ether oxygens (including phenoxy) is 2. The predicted molar refractivity (Wildman–Crippen MR) is 54.1 cm³/mol. The van der Waals surface area contributed by atoms with Crippen molar-refractivity contribution in [3.8, 4) is 6.01 Å². The molecule has 1 aromatic heterocycles. The van der Waals surface area contributed by atoms with Crippen LogP contribution in [0.3, 0.4) is 0 Å². The van der Waals surface area contributed by atoms with Crippen LogP contribution < -0.4 is 4.74 Å². The first-order valence-electron chi connectivity index (χ1n) is 5.36. The Morgan fingerprint density at radius 1 is 1.25 bits per heavy atom. The van der Waals surface area contributed by atoms with Crippen LogP contribution in [0.1, 0.15) is 31.2 Å². The number of fused-ring (bicyclic) bond motifs is 1. The Morgan fingerprint density at radius 3 is 2.75 bits per heavy atom. The molecule has 0 saturated heterocycles. The van der Waals surface area contributed by atoms with Crippen molar-refractivity contribution in [3.05, 3.63) is 11.4 Å². The van der Waals surface area contributed by atoms with Crippen molar-refractivity contribution in [2.45, 2.75) is 32.6 Å². The third-order valence-electron chi connectivity index (χ3n) is 2.33. The lowest BCUT2D eigenvalue weighted by atomic mass is 10.0. The third kappa shape index (κ3) is 2.44. The summed E-state index contributed by atoms with van der Waals surface area (Å²) >= 11 is 0. The first-order chi connectivity index (χ1) is 7.79. The quantitative estimate of drug-likeness (QED) is 0.703. The van der Waals surface area contributed by atoms with E-state index in [1.807, 2.05) is 0 Å². The summed E-state index contributed by atoms with van der Waals surface area (Å²) in [5.74, 6) is 0. The maximum Gasteiger partial charge on any atom is 0.516 e. The fourth-order valence-corrected chi connectivity index (χ4v) is 1.61. The molecule has 0 atom stereocenters. The molecule has 0 aromatic carbocycles. The number of aromatic nitrogens is 3. The normalized spacial score (nSPS) is 14.1. The molecule has 0 radical (unpaired) electrons. The van der Waals surface area contributed by atoms with Gasteiger partial charge in [0.25, 0.3) is 0 Å². The van der Waals surface area contributed by atoms with E-state index >= 15 is 0 Å². The summed E-state index contributed by atoms with van der Waals surface area (Å²) in [6.45, 7) is 1.96. The Labute approximate surface area is 93.0 Å². The molecule has 0 unspecified atom stereocenters. The van der Waals surface area contributed by atoms with Crippen LogP contribution in [-0.4, -0.2) is 27.9 Å². The molecule has 1 heterocycles. The largest absolute Gasteiger partial charge is 0.516 e. The van der Waals surface area contributed by atoms with Gasteiger partial charge in [-0.15, -0.1) is 5.10 Å². The smallest absolute Gasteiger partial charge is 0.434 e. The van der Waals surface area contributed by atoms with Crippen LogP contribution in [-0.2, 0) is 17.6 Å². The summed E-state index contributed by atoms with van der Waals surface area (Å²) in [5, 5.41) is 7.72. The van der Waals surface area contributed by atoms with E-state index < -0.39 is 6.16 Å². The Bertz CT molecular complexity index is 395. The van der Waals surface area contributed by atoms with E-state index in [4.69, 9.17) is 4.74 Å². The van der Waals surface area contributed by atoms with Crippen LogP contribution in [0.5, 0.6) is 6.01 Å². The minimum Gasteiger partial charge on any atom is -0.434 e. The van der Waals surface area contributed by atoms with E-state index in [9.17, 15) is 4.79 Å². The molecule has 6 heteroatoms. The van der Waals surface area contributed by atoms with Crippen molar-refractivity contribution in [3.63, 3.8) is 0 Å². The number of hydrogen-bond donors (Lipinski definition) is 0. The van der Waals surface area contributed by atoms with Gasteiger partial charge in [0.05, 0.1) is 18.0 Å². The van der Waals surface area contributed by atoms with Crippen LogP contribution in [0.15, 0.2) is 0 Å². The molecule has 6 nitrogen and oxygen atoms in total. The number of rotatable bonds is 2. The van der Waals surface area contributed by atoms with Gasteiger partial charge in [-0.25, -0.2) is 4.79 Å². The fraction of sp³-hybridized carbons (Fsp3) is 0.600. The SMILES string of the molecule is CCOC(=O)Oc1nnc2c(n1)CCCC2. The van der Waals surface area contributed by atoms with E-state index in [2.05, 4.69) is 19.9 Å². The summed E-state index contributed by atoms with van der Waals surface area (Å²) in [7, 11) is 0. The standard InChI is InChI=1S/C10H13N3O3/c1-2-15-10(14)16-9-11-7-5-3-4-6-8(7)12-13-9/h2-6H2,1H3. The second-order valence-electron chi connectivity index (χ2n) is 3.48. The van der Waals surface area contributed by atoms with Gasteiger partial charge in [-0.1, -0.05) is 5.10 Å². The van der Waals surface area contributed by atoms with Gasteiger partial charge in [0.1, 0.15) is 0 Å². The van der Waals surface area contributed by atoms with Crippen LogP contribution in [0.4, 0.5) is 4.79 Å². The highest BCUT2D eigenvalue weighted by atomic mass is 16.7. The molecule has 0 N–H and O–H groups in total. The Kier molecular flexibility index (Phi) is 3.28. The second-order valence-corrected chi connectivity index (χ2v) is 3.48. The molecule has 0 spiro atoms. The lowest BCUT2D eigenvalue weighted by molar-refractivity contribution is 0.100. The predicted octanol–water partition coefficient (Wildman–Crippen LogP) is 1.29. The van der Waals surface area contributed by atoms with Crippen LogP contribution in [0, 0.1) is 0 Å². The van der Waals surface area contributed by atoms with Crippen molar-refractivity contribution < 1.29 is 14.3 Å². The van der Waals surface area contributed by atoms with Gasteiger partial charge in [-0.2, -0.15) is 4.98 Å². The van der Waals surface area contributed by atoms with Crippen LogP contribution in [0.25, 0.3) is 0 Å². The molecular formula is C10H13N3O3.